The van der Waals surface area contributed by atoms with Crippen LogP contribution in [0.15, 0.2) is 48.7 Å². The molecular formula is C36H40Cl2N6O3. The summed E-state index contributed by atoms with van der Waals surface area (Å²) >= 11 is 13.9. The minimum atomic E-state index is -0.609. The first-order valence-corrected chi connectivity index (χ1v) is 16.8. The maximum Gasteiger partial charge on any atom is 0.274 e. The van der Waals surface area contributed by atoms with Crippen LogP contribution in [0.25, 0.3) is 22.4 Å². The molecule has 0 bridgehead atoms. The normalized spacial score (nSPS) is 19.2. The van der Waals surface area contributed by atoms with Crippen molar-refractivity contribution in [1.82, 2.24) is 25.2 Å². The number of ether oxygens (including phenoxy) is 1. The third-order valence-corrected chi connectivity index (χ3v) is 9.82. The van der Waals surface area contributed by atoms with Crippen LogP contribution in [0.1, 0.15) is 66.1 Å². The second kappa shape index (κ2) is 13.9. The molecule has 246 valence electrons. The van der Waals surface area contributed by atoms with Gasteiger partial charge in [0.05, 0.1) is 46.0 Å². The van der Waals surface area contributed by atoms with E-state index in [0.29, 0.717) is 74.8 Å². The molecule has 11 heteroatoms. The van der Waals surface area contributed by atoms with Crippen LogP contribution >= 0.6 is 23.2 Å². The Labute approximate surface area is 285 Å². The molecule has 2 aliphatic rings. The van der Waals surface area contributed by atoms with Crippen LogP contribution in [0, 0.1) is 6.92 Å². The van der Waals surface area contributed by atoms with E-state index in [1.54, 1.807) is 19.4 Å². The van der Waals surface area contributed by atoms with E-state index in [0.717, 1.165) is 43.7 Å². The number of hydrogen-bond acceptors (Lipinski definition) is 8. The fraction of sp³-hybridized carbons (Fsp3) is 0.389. The van der Waals surface area contributed by atoms with E-state index in [9.17, 15) is 9.90 Å². The molecule has 9 nitrogen and oxygen atoms in total. The third-order valence-electron chi connectivity index (χ3n) is 9.00. The van der Waals surface area contributed by atoms with Crippen molar-refractivity contribution in [1.29, 1.82) is 0 Å². The zero-order chi connectivity index (χ0) is 33.3. The molecule has 1 amide bonds. The van der Waals surface area contributed by atoms with Crippen LogP contribution in [0.4, 0.5) is 5.69 Å². The molecule has 6 rings (SSSR count). The van der Waals surface area contributed by atoms with Crippen LogP contribution in [-0.2, 0) is 19.5 Å². The van der Waals surface area contributed by atoms with Crippen molar-refractivity contribution in [2.45, 2.75) is 71.2 Å². The molecule has 47 heavy (non-hydrogen) atoms. The number of anilines is 1. The minimum absolute atomic E-state index is 0.225. The number of aryl methyl sites for hydroxylation is 1. The number of fused-ring (bicyclic) bond motifs is 1. The molecule has 3 N–H and O–H groups in total. The second-order valence-electron chi connectivity index (χ2n) is 12.8. The molecule has 0 saturated heterocycles. The molecule has 3 heterocycles. The van der Waals surface area contributed by atoms with Gasteiger partial charge in [-0.25, -0.2) is 9.97 Å². The van der Waals surface area contributed by atoms with Gasteiger partial charge >= 0.3 is 0 Å². The summed E-state index contributed by atoms with van der Waals surface area (Å²) in [5, 5.41) is 17.2. The Morgan fingerprint density at radius 2 is 1.83 bits per heavy atom. The highest BCUT2D eigenvalue weighted by molar-refractivity contribution is 6.39. The smallest absolute Gasteiger partial charge is 0.274 e. The van der Waals surface area contributed by atoms with Gasteiger partial charge in [-0.2, -0.15) is 0 Å². The van der Waals surface area contributed by atoms with Crippen molar-refractivity contribution in [3.63, 3.8) is 0 Å². The highest BCUT2D eigenvalue weighted by Gasteiger charge is 2.38. The molecule has 1 aliphatic heterocycles. The molecule has 1 fully saturated rings. The van der Waals surface area contributed by atoms with Crippen LogP contribution in [0.5, 0.6) is 5.88 Å². The van der Waals surface area contributed by atoms with Crippen LogP contribution in [-0.4, -0.2) is 62.7 Å². The van der Waals surface area contributed by atoms with E-state index in [1.807, 2.05) is 50.2 Å². The summed E-state index contributed by atoms with van der Waals surface area (Å²) in [6, 6.07) is 13.2. The SMILES string of the molecule is CCCN1CCc2c(C)cc(C(=O)Nc3cccc(-c4cccc(-c5cnc(CNC6CC(C)(O)C6)c(OC)n5)c4Cl)c3Cl)nc2C1. The highest BCUT2D eigenvalue weighted by atomic mass is 35.5. The maximum absolute atomic E-state index is 13.5. The van der Waals surface area contributed by atoms with Gasteiger partial charge in [0.15, 0.2) is 0 Å². The van der Waals surface area contributed by atoms with Gasteiger partial charge in [0.2, 0.25) is 5.88 Å². The Kier molecular flexibility index (Phi) is 9.82. The summed E-state index contributed by atoms with van der Waals surface area (Å²) in [5.41, 5.74) is 6.75. The third kappa shape index (κ3) is 7.15. The molecule has 1 aliphatic carbocycles. The number of rotatable bonds is 10. The van der Waals surface area contributed by atoms with Gasteiger partial charge in [-0.3, -0.25) is 14.7 Å². The van der Waals surface area contributed by atoms with E-state index < -0.39 is 5.60 Å². The second-order valence-corrected chi connectivity index (χ2v) is 13.5. The molecule has 0 spiro atoms. The van der Waals surface area contributed by atoms with Gasteiger partial charge in [-0.1, -0.05) is 60.5 Å². The quantitative estimate of drug-likeness (QED) is 0.167. The Hall–Kier alpha value is -3.60. The zero-order valence-electron chi connectivity index (χ0n) is 27.2. The lowest BCUT2D eigenvalue weighted by molar-refractivity contribution is -0.0394. The van der Waals surface area contributed by atoms with Crippen LogP contribution < -0.4 is 15.4 Å². The summed E-state index contributed by atoms with van der Waals surface area (Å²) in [4.78, 5) is 30.0. The molecule has 0 radical (unpaired) electrons. The number of halogens is 2. The number of benzene rings is 2. The van der Waals surface area contributed by atoms with E-state index in [-0.39, 0.29) is 11.9 Å². The van der Waals surface area contributed by atoms with Gasteiger partial charge in [-0.15, -0.1) is 0 Å². The predicted octanol–water partition coefficient (Wildman–Crippen LogP) is 6.85. The Morgan fingerprint density at radius 1 is 1.11 bits per heavy atom. The zero-order valence-corrected chi connectivity index (χ0v) is 28.7. The topological polar surface area (TPSA) is 113 Å². The maximum atomic E-state index is 13.5. The fourth-order valence-corrected chi connectivity index (χ4v) is 7.18. The van der Waals surface area contributed by atoms with Crippen molar-refractivity contribution in [2.75, 3.05) is 25.5 Å². The number of methoxy groups -OCH3 is 1. The van der Waals surface area contributed by atoms with E-state index in [1.165, 1.54) is 5.56 Å². The lowest BCUT2D eigenvalue weighted by Gasteiger charge is -2.41. The average molecular weight is 676 g/mol. The molecule has 1 saturated carbocycles. The molecule has 0 atom stereocenters. The van der Waals surface area contributed by atoms with Crippen LogP contribution in [0.3, 0.4) is 0 Å². The van der Waals surface area contributed by atoms with Crippen molar-refractivity contribution in [3.8, 4) is 28.3 Å². The standard InChI is InChI=1S/C36H40Cl2N6O3/c1-5-13-44-14-12-23-21(2)15-28(41-31(23)20-44)34(45)42-27-11-7-9-25(33(27)38)24-8-6-10-26(32(24)37)29-18-40-30(35(43-29)47-4)19-39-22-16-36(3,46)17-22/h6-11,15,18,22,39,46H,5,12-14,16-17,19-20H2,1-4H3,(H,42,45). The molecule has 2 aromatic carbocycles. The number of nitrogens with zero attached hydrogens (tertiary/aromatic N) is 4. The summed E-state index contributed by atoms with van der Waals surface area (Å²) in [6.45, 7) is 9.29. The summed E-state index contributed by atoms with van der Waals surface area (Å²) in [5.74, 6) is 0.0800. The molecule has 4 aromatic rings. The summed E-state index contributed by atoms with van der Waals surface area (Å²) in [6.07, 6.45) is 5.08. The van der Waals surface area contributed by atoms with Crippen molar-refractivity contribution < 1.29 is 14.6 Å². The summed E-state index contributed by atoms with van der Waals surface area (Å²) in [7, 11) is 1.56. The Bertz CT molecular complexity index is 1810. The monoisotopic (exact) mass is 674 g/mol. The van der Waals surface area contributed by atoms with Gasteiger partial charge in [-0.05, 0) is 69.3 Å². The van der Waals surface area contributed by atoms with Gasteiger partial charge in [0.25, 0.3) is 5.91 Å². The number of amides is 1. The number of nitrogens with one attached hydrogen (secondary N) is 2. The number of carbonyl (C=O) groups excluding carboxylic acids is 1. The molecule has 2 aromatic heterocycles. The fourth-order valence-electron chi connectivity index (χ4n) is 6.58. The number of aliphatic hydroxyl groups is 1. The number of pyridine rings is 1. The number of aromatic nitrogens is 3. The lowest BCUT2D eigenvalue weighted by Crippen LogP contribution is -2.51. The lowest BCUT2D eigenvalue weighted by atomic mass is 9.77. The minimum Gasteiger partial charge on any atom is -0.480 e. The first-order chi connectivity index (χ1) is 22.6. The van der Waals surface area contributed by atoms with E-state index in [4.69, 9.17) is 37.9 Å². The Balaban J connectivity index is 1.22. The van der Waals surface area contributed by atoms with Crippen molar-refractivity contribution >= 4 is 34.8 Å². The number of hydrogen-bond donors (Lipinski definition) is 3. The van der Waals surface area contributed by atoms with E-state index in [2.05, 4.69) is 27.4 Å². The Morgan fingerprint density at radius 3 is 2.55 bits per heavy atom. The van der Waals surface area contributed by atoms with Gasteiger partial charge in [0, 0.05) is 42.4 Å². The van der Waals surface area contributed by atoms with Crippen molar-refractivity contribution in [2.24, 2.45) is 0 Å². The molecular weight excluding hydrogens is 635 g/mol. The van der Waals surface area contributed by atoms with E-state index >= 15 is 0 Å². The van der Waals surface area contributed by atoms with Gasteiger partial charge < -0.3 is 20.5 Å². The number of carbonyl (C=O) groups is 1. The van der Waals surface area contributed by atoms with Gasteiger partial charge in [0.1, 0.15) is 11.4 Å². The first-order valence-electron chi connectivity index (χ1n) is 16.0. The molecule has 0 unspecified atom stereocenters. The van der Waals surface area contributed by atoms with Crippen LogP contribution in [0.2, 0.25) is 10.0 Å². The average Bonchev–Trinajstić information content (AvgIpc) is 3.04. The highest BCUT2D eigenvalue weighted by Crippen LogP contribution is 2.41. The predicted molar refractivity (Wildman–Crippen MR) is 186 cm³/mol. The largest absolute Gasteiger partial charge is 0.480 e. The summed E-state index contributed by atoms with van der Waals surface area (Å²) < 4.78 is 5.57. The van der Waals surface area contributed by atoms with Crippen molar-refractivity contribution in [3.05, 3.63) is 86.9 Å². The first kappa shape index (κ1) is 33.3.